The molecule has 0 radical (unpaired) electrons. The van der Waals surface area contributed by atoms with Gasteiger partial charge in [-0.3, -0.25) is 4.79 Å². The molecule has 1 aliphatic heterocycles. The van der Waals surface area contributed by atoms with Crippen LogP contribution in [0.2, 0.25) is 0 Å². The highest BCUT2D eigenvalue weighted by Crippen LogP contribution is 2.34. The van der Waals surface area contributed by atoms with Gasteiger partial charge in [0.2, 0.25) is 0 Å². The van der Waals surface area contributed by atoms with E-state index in [1.165, 1.54) is 16.9 Å². The van der Waals surface area contributed by atoms with E-state index in [2.05, 4.69) is 39.6 Å². The standard InChI is InChI=1S/C23H28N4O2S/c1-16-19-21(24-11-5-9-17-7-3-2-4-8-17)25-15-26-22(19)30-20(16)23(29)27-12-6-10-18(13-27)14-28/h2-4,7-8,15,18,28H,5-6,9-14H2,1H3,(H,24,25,26). The Kier molecular flexibility index (Phi) is 6.59. The molecular formula is C23H28N4O2S. The third-order valence-corrected chi connectivity index (χ3v) is 6.95. The molecule has 1 amide bonds. The number of hydrogen-bond donors (Lipinski definition) is 2. The number of aliphatic hydroxyl groups is 1. The lowest BCUT2D eigenvalue weighted by molar-refractivity contribution is 0.0625. The first-order valence-corrected chi connectivity index (χ1v) is 11.4. The molecule has 4 rings (SSSR count). The molecule has 30 heavy (non-hydrogen) atoms. The Labute approximate surface area is 181 Å². The molecule has 3 heterocycles. The minimum atomic E-state index is 0.0451. The summed E-state index contributed by atoms with van der Waals surface area (Å²) in [5.74, 6) is 1.02. The monoisotopic (exact) mass is 424 g/mol. The maximum absolute atomic E-state index is 13.2. The Morgan fingerprint density at radius 2 is 2.13 bits per heavy atom. The summed E-state index contributed by atoms with van der Waals surface area (Å²) in [5, 5.41) is 13.9. The lowest BCUT2D eigenvalue weighted by atomic mass is 9.99. The first kappa shape index (κ1) is 20.8. The lowest BCUT2D eigenvalue weighted by Crippen LogP contribution is -2.40. The molecule has 1 unspecified atom stereocenters. The summed E-state index contributed by atoms with van der Waals surface area (Å²) in [6.07, 6.45) is 5.49. The van der Waals surface area contributed by atoms with Crippen LogP contribution in [-0.4, -0.2) is 52.1 Å². The van der Waals surface area contributed by atoms with Crippen molar-refractivity contribution in [2.75, 3.05) is 31.6 Å². The van der Waals surface area contributed by atoms with Crippen molar-refractivity contribution < 1.29 is 9.90 Å². The minimum absolute atomic E-state index is 0.0451. The first-order chi connectivity index (χ1) is 14.7. The van der Waals surface area contributed by atoms with Crippen molar-refractivity contribution in [3.05, 3.63) is 52.7 Å². The van der Waals surface area contributed by atoms with Crippen LogP contribution in [0.1, 0.15) is 40.1 Å². The largest absolute Gasteiger partial charge is 0.396 e. The maximum atomic E-state index is 13.2. The predicted molar refractivity (Wildman–Crippen MR) is 121 cm³/mol. The number of fused-ring (bicyclic) bond motifs is 1. The van der Waals surface area contributed by atoms with Crippen LogP contribution >= 0.6 is 11.3 Å². The van der Waals surface area contributed by atoms with E-state index in [9.17, 15) is 9.90 Å². The maximum Gasteiger partial charge on any atom is 0.264 e. The summed E-state index contributed by atoms with van der Waals surface area (Å²) in [6, 6.07) is 10.5. The second-order valence-electron chi connectivity index (χ2n) is 7.92. The number of carbonyl (C=O) groups excluding carboxylic acids is 1. The average Bonchev–Trinajstić information content (AvgIpc) is 3.14. The molecule has 7 heteroatoms. The molecule has 1 aliphatic rings. The third-order valence-electron chi connectivity index (χ3n) is 5.76. The Morgan fingerprint density at radius 3 is 2.93 bits per heavy atom. The second-order valence-corrected chi connectivity index (χ2v) is 8.92. The van der Waals surface area contributed by atoms with E-state index >= 15 is 0 Å². The number of anilines is 1. The van der Waals surface area contributed by atoms with Crippen LogP contribution in [-0.2, 0) is 6.42 Å². The van der Waals surface area contributed by atoms with Gasteiger partial charge in [0.05, 0.1) is 10.3 Å². The molecule has 1 fully saturated rings. The Balaban J connectivity index is 1.47. The molecule has 0 aliphatic carbocycles. The van der Waals surface area contributed by atoms with Crippen molar-refractivity contribution in [2.45, 2.75) is 32.6 Å². The van der Waals surface area contributed by atoms with Gasteiger partial charge >= 0.3 is 0 Å². The van der Waals surface area contributed by atoms with E-state index in [-0.39, 0.29) is 18.4 Å². The summed E-state index contributed by atoms with van der Waals surface area (Å²) < 4.78 is 0. The molecule has 1 atom stereocenters. The normalized spacial score (nSPS) is 16.7. The fourth-order valence-corrected chi connectivity index (χ4v) is 5.21. The summed E-state index contributed by atoms with van der Waals surface area (Å²) >= 11 is 1.44. The van der Waals surface area contributed by atoms with Gasteiger partial charge in [0, 0.05) is 26.2 Å². The molecule has 158 valence electrons. The Morgan fingerprint density at radius 1 is 1.30 bits per heavy atom. The van der Waals surface area contributed by atoms with E-state index in [1.54, 1.807) is 6.33 Å². The van der Waals surface area contributed by atoms with Crippen LogP contribution in [0.5, 0.6) is 0 Å². The van der Waals surface area contributed by atoms with Crippen LogP contribution in [0.3, 0.4) is 0 Å². The molecule has 6 nitrogen and oxygen atoms in total. The number of hydrogen-bond acceptors (Lipinski definition) is 6. The van der Waals surface area contributed by atoms with Gasteiger partial charge in [-0.25, -0.2) is 9.97 Å². The SMILES string of the molecule is Cc1c(C(=O)N2CCCC(CO)C2)sc2ncnc(NCCCc3ccccc3)c12. The van der Waals surface area contributed by atoms with Crippen molar-refractivity contribution in [1.82, 2.24) is 14.9 Å². The zero-order chi connectivity index (χ0) is 20.9. The fourth-order valence-electron chi connectivity index (χ4n) is 4.10. The van der Waals surface area contributed by atoms with Gasteiger partial charge in [0.1, 0.15) is 17.0 Å². The number of amides is 1. The van der Waals surface area contributed by atoms with Crippen LogP contribution < -0.4 is 5.32 Å². The number of benzene rings is 1. The Hall–Kier alpha value is -2.51. The molecule has 2 aromatic heterocycles. The van der Waals surface area contributed by atoms with Gasteiger partial charge < -0.3 is 15.3 Å². The third kappa shape index (κ3) is 4.47. The molecule has 3 aromatic rings. The van der Waals surface area contributed by atoms with E-state index in [0.717, 1.165) is 65.2 Å². The van der Waals surface area contributed by atoms with Gasteiger partial charge in [-0.15, -0.1) is 11.3 Å². The number of likely N-dealkylation sites (tertiary alicyclic amines) is 1. The van der Waals surface area contributed by atoms with E-state index in [1.807, 2.05) is 17.9 Å². The van der Waals surface area contributed by atoms with Crippen molar-refractivity contribution in [2.24, 2.45) is 5.92 Å². The quantitative estimate of drug-likeness (QED) is 0.563. The van der Waals surface area contributed by atoms with Gasteiger partial charge in [-0.1, -0.05) is 30.3 Å². The summed E-state index contributed by atoms with van der Waals surface area (Å²) in [5.41, 5.74) is 2.27. The molecule has 1 aromatic carbocycles. The summed E-state index contributed by atoms with van der Waals surface area (Å²) in [6.45, 7) is 4.30. The zero-order valence-electron chi connectivity index (χ0n) is 17.3. The lowest BCUT2D eigenvalue weighted by Gasteiger charge is -2.31. The van der Waals surface area contributed by atoms with E-state index in [0.29, 0.717) is 6.54 Å². The molecule has 2 N–H and O–H groups in total. The smallest absolute Gasteiger partial charge is 0.264 e. The van der Waals surface area contributed by atoms with Gasteiger partial charge in [-0.05, 0) is 49.7 Å². The number of carbonyl (C=O) groups is 1. The van der Waals surface area contributed by atoms with Gasteiger partial charge in [-0.2, -0.15) is 0 Å². The summed E-state index contributed by atoms with van der Waals surface area (Å²) in [4.78, 5) is 25.5. The number of aromatic nitrogens is 2. The fraction of sp³-hybridized carbons (Fsp3) is 0.435. The van der Waals surface area contributed by atoms with Crippen LogP contribution in [0.15, 0.2) is 36.7 Å². The molecule has 0 bridgehead atoms. The highest BCUT2D eigenvalue weighted by molar-refractivity contribution is 7.20. The molecule has 0 saturated carbocycles. The van der Waals surface area contributed by atoms with Crippen molar-refractivity contribution in [1.29, 1.82) is 0 Å². The van der Waals surface area contributed by atoms with E-state index in [4.69, 9.17) is 0 Å². The number of rotatable bonds is 7. The second kappa shape index (κ2) is 9.53. The van der Waals surface area contributed by atoms with Crippen LogP contribution in [0.25, 0.3) is 10.2 Å². The Bertz CT molecular complexity index is 1010. The predicted octanol–water partition coefficient (Wildman–Crippen LogP) is 3.89. The van der Waals surface area contributed by atoms with Crippen molar-refractivity contribution >= 4 is 33.3 Å². The molecular weight excluding hydrogens is 396 g/mol. The molecule has 0 spiro atoms. The number of aryl methyl sites for hydroxylation is 2. The highest BCUT2D eigenvalue weighted by atomic mass is 32.1. The minimum Gasteiger partial charge on any atom is -0.396 e. The highest BCUT2D eigenvalue weighted by Gasteiger charge is 2.27. The summed E-state index contributed by atoms with van der Waals surface area (Å²) in [7, 11) is 0. The van der Waals surface area contributed by atoms with Crippen molar-refractivity contribution in [3.8, 4) is 0 Å². The zero-order valence-corrected chi connectivity index (χ0v) is 18.1. The van der Waals surface area contributed by atoms with E-state index < -0.39 is 0 Å². The first-order valence-electron chi connectivity index (χ1n) is 10.6. The van der Waals surface area contributed by atoms with Gasteiger partial charge in [0.15, 0.2) is 0 Å². The average molecular weight is 425 g/mol. The number of piperidine rings is 1. The topological polar surface area (TPSA) is 78.4 Å². The number of nitrogens with one attached hydrogen (secondary N) is 1. The van der Waals surface area contributed by atoms with Crippen molar-refractivity contribution in [3.63, 3.8) is 0 Å². The number of nitrogens with zero attached hydrogens (tertiary/aromatic N) is 3. The van der Waals surface area contributed by atoms with Crippen LogP contribution in [0, 0.1) is 12.8 Å². The number of thiophene rings is 1. The van der Waals surface area contributed by atoms with Crippen LogP contribution in [0.4, 0.5) is 5.82 Å². The van der Waals surface area contributed by atoms with Gasteiger partial charge in [0.25, 0.3) is 5.91 Å². The molecule has 1 saturated heterocycles. The number of aliphatic hydroxyl groups excluding tert-OH is 1.